The van der Waals surface area contributed by atoms with Gasteiger partial charge < -0.3 is 4.74 Å². The van der Waals surface area contributed by atoms with Gasteiger partial charge in [-0.05, 0) is 39.5 Å². The summed E-state index contributed by atoms with van der Waals surface area (Å²) in [6, 6.07) is 0. The average molecular weight is 248 g/mol. The molecule has 0 N–H and O–H groups in total. The lowest BCUT2D eigenvalue weighted by Gasteiger charge is -2.43. The van der Waals surface area contributed by atoms with Crippen LogP contribution in [0.3, 0.4) is 0 Å². The zero-order valence-corrected chi connectivity index (χ0v) is 12.1. The largest absolute Gasteiger partial charge is 0.371 e. The normalized spacial score (nSPS) is 24.1. The lowest BCUT2D eigenvalue weighted by Crippen LogP contribution is -2.42. The van der Waals surface area contributed by atoms with Gasteiger partial charge in [-0.3, -0.25) is 9.97 Å². The molecule has 2 unspecified atom stereocenters. The lowest BCUT2D eigenvalue weighted by molar-refractivity contribution is -0.135. The van der Waals surface area contributed by atoms with Crippen molar-refractivity contribution in [2.75, 3.05) is 0 Å². The molecular weight excluding hydrogens is 224 g/mol. The highest BCUT2D eigenvalue weighted by Gasteiger charge is 2.39. The van der Waals surface area contributed by atoms with Gasteiger partial charge in [0.1, 0.15) is 0 Å². The fourth-order valence-electron chi connectivity index (χ4n) is 2.14. The zero-order valence-electron chi connectivity index (χ0n) is 12.1. The van der Waals surface area contributed by atoms with Gasteiger partial charge in [-0.1, -0.05) is 13.8 Å². The first kappa shape index (κ1) is 13.5. The minimum atomic E-state index is -0.0689. The van der Waals surface area contributed by atoms with Crippen molar-refractivity contribution in [1.82, 2.24) is 9.97 Å². The van der Waals surface area contributed by atoms with E-state index >= 15 is 0 Å². The van der Waals surface area contributed by atoms with Gasteiger partial charge in [0.2, 0.25) is 0 Å². The van der Waals surface area contributed by atoms with E-state index in [2.05, 4.69) is 37.7 Å². The maximum atomic E-state index is 6.27. The summed E-state index contributed by atoms with van der Waals surface area (Å²) in [5.74, 6) is 0.942. The van der Waals surface area contributed by atoms with E-state index in [9.17, 15) is 0 Å². The minimum absolute atomic E-state index is 0.0689. The summed E-state index contributed by atoms with van der Waals surface area (Å²) in [5.41, 5.74) is 2.01. The van der Waals surface area contributed by atoms with E-state index in [0.29, 0.717) is 17.9 Å². The van der Waals surface area contributed by atoms with Crippen LogP contribution in [-0.2, 0) is 4.74 Å². The minimum Gasteiger partial charge on any atom is -0.371 e. The van der Waals surface area contributed by atoms with Gasteiger partial charge in [-0.25, -0.2) is 0 Å². The first-order valence-corrected chi connectivity index (χ1v) is 6.86. The molecule has 2 atom stereocenters. The highest BCUT2D eigenvalue weighted by Crippen LogP contribution is 2.41. The summed E-state index contributed by atoms with van der Waals surface area (Å²) >= 11 is 0. The van der Waals surface area contributed by atoms with Crippen LogP contribution in [0.4, 0.5) is 0 Å². The molecule has 18 heavy (non-hydrogen) atoms. The van der Waals surface area contributed by atoms with Crippen LogP contribution in [0.5, 0.6) is 0 Å². The van der Waals surface area contributed by atoms with Crippen molar-refractivity contribution < 1.29 is 4.74 Å². The second kappa shape index (κ2) is 4.96. The van der Waals surface area contributed by atoms with Crippen LogP contribution in [0.25, 0.3) is 0 Å². The van der Waals surface area contributed by atoms with Crippen LogP contribution in [0.15, 0.2) is 12.4 Å². The second-order valence-corrected chi connectivity index (χ2v) is 6.18. The van der Waals surface area contributed by atoms with Crippen molar-refractivity contribution in [3.05, 3.63) is 23.8 Å². The number of aryl methyl sites for hydroxylation is 1. The SMILES string of the molecule is Cc1cncc(C2CCC2OC(C)(C)C(C)C)n1. The Hall–Kier alpha value is -0.960. The van der Waals surface area contributed by atoms with Crippen molar-refractivity contribution >= 4 is 0 Å². The summed E-state index contributed by atoms with van der Waals surface area (Å²) in [4.78, 5) is 8.81. The van der Waals surface area contributed by atoms with E-state index in [-0.39, 0.29) is 5.60 Å². The molecular formula is C15H24N2O. The van der Waals surface area contributed by atoms with Crippen molar-refractivity contribution in [3.8, 4) is 0 Å². The summed E-state index contributed by atoms with van der Waals surface area (Å²) in [7, 11) is 0. The van der Waals surface area contributed by atoms with Gasteiger partial charge in [0.05, 0.1) is 23.1 Å². The molecule has 2 rings (SSSR count). The van der Waals surface area contributed by atoms with Gasteiger partial charge in [-0.2, -0.15) is 0 Å². The molecule has 1 aromatic heterocycles. The molecule has 1 saturated carbocycles. The van der Waals surface area contributed by atoms with Crippen molar-refractivity contribution in [2.45, 2.75) is 65.1 Å². The molecule has 0 aliphatic heterocycles. The van der Waals surface area contributed by atoms with E-state index in [1.807, 2.05) is 13.1 Å². The van der Waals surface area contributed by atoms with Gasteiger partial charge in [0, 0.05) is 18.3 Å². The Morgan fingerprint density at radius 1 is 1.28 bits per heavy atom. The predicted molar refractivity (Wildman–Crippen MR) is 72.5 cm³/mol. The van der Waals surface area contributed by atoms with E-state index in [0.717, 1.165) is 24.2 Å². The van der Waals surface area contributed by atoms with E-state index in [1.54, 1.807) is 6.20 Å². The third-order valence-electron chi connectivity index (χ3n) is 4.21. The number of ether oxygens (including phenoxy) is 1. The highest BCUT2D eigenvalue weighted by molar-refractivity contribution is 5.13. The Balaban J connectivity index is 2.05. The molecule has 1 aliphatic rings. The molecule has 3 nitrogen and oxygen atoms in total. The van der Waals surface area contributed by atoms with Crippen LogP contribution in [0, 0.1) is 12.8 Å². The molecule has 100 valence electrons. The molecule has 0 saturated heterocycles. The molecule has 0 amide bonds. The average Bonchev–Trinajstić information content (AvgIpc) is 2.24. The molecule has 0 spiro atoms. The molecule has 0 radical (unpaired) electrons. The first-order chi connectivity index (χ1) is 8.40. The summed E-state index contributed by atoms with van der Waals surface area (Å²) in [5, 5.41) is 0. The molecule has 1 aromatic rings. The third kappa shape index (κ3) is 2.72. The second-order valence-electron chi connectivity index (χ2n) is 6.18. The van der Waals surface area contributed by atoms with Crippen molar-refractivity contribution in [1.29, 1.82) is 0 Å². The molecule has 1 heterocycles. The Morgan fingerprint density at radius 3 is 2.50 bits per heavy atom. The number of hydrogen-bond acceptors (Lipinski definition) is 3. The quantitative estimate of drug-likeness (QED) is 0.818. The Bertz CT molecular complexity index is 415. The van der Waals surface area contributed by atoms with Gasteiger partial charge >= 0.3 is 0 Å². The molecule has 0 bridgehead atoms. The number of nitrogens with zero attached hydrogens (tertiary/aromatic N) is 2. The highest BCUT2D eigenvalue weighted by atomic mass is 16.5. The lowest BCUT2D eigenvalue weighted by atomic mass is 9.78. The monoisotopic (exact) mass is 248 g/mol. The third-order valence-corrected chi connectivity index (χ3v) is 4.21. The number of aromatic nitrogens is 2. The Kier molecular flexibility index (Phi) is 3.71. The molecule has 1 aliphatic carbocycles. The molecule has 0 aromatic carbocycles. The maximum Gasteiger partial charge on any atom is 0.0667 e. The predicted octanol–water partition coefficient (Wildman–Crippen LogP) is 3.48. The zero-order chi connectivity index (χ0) is 13.3. The summed E-state index contributed by atoms with van der Waals surface area (Å²) in [6.07, 6.45) is 6.29. The number of rotatable bonds is 4. The first-order valence-electron chi connectivity index (χ1n) is 6.86. The van der Waals surface area contributed by atoms with Gasteiger partial charge in [0.15, 0.2) is 0 Å². The summed E-state index contributed by atoms with van der Waals surface area (Å²) in [6.45, 7) is 10.8. The molecule has 1 fully saturated rings. The topological polar surface area (TPSA) is 35.0 Å². The number of hydrogen-bond donors (Lipinski definition) is 0. The Morgan fingerprint density at radius 2 is 2.00 bits per heavy atom. The van der Waals surface area contributed by atoms with E-state index in [1.165, 1.54) is 0 Å². The van der Waals surface area contributed by atoms with Crippen LogP contribution >= 0.6 is 0 Å². The van der Waals surface area contributed by atoms with Crippen LogP contribution < -0.4 is 0 Å². The molecule has 3 heteroatoms. The standard InChI is InChI=1S/C15H24N2O/c1-10(2)15(4,5)18-14-7-6-12(14)13-9-16-8-11(3)17-13/h8-10,12,14H,6-7H2,1-5H3. The fourth-order valence-corrected chi connectivity index (χ4v) is 2.14. The smallest absolute Gasteiger partial charge is 0.0667 e. The van der Waals surface area contributed by atoms with Crippen LogP contribution in [0.2, 0.25) is 0 Å². The van der Waals surface area contributed by atoms with E-state index in [4.69, 9.17) is 4.74 Å². The van der Waals surface area contributed by atoms with Crippen LogP contribution in [0.1, 0.15) is 57.8 Å². The van der Waals surface area contributed by atoms with Crippen molar-refractivity contribution in [3.63, 3.8) is 0 Å². The van der Waals surface area contributed by atoms with Crippen LogP contribution in [-0.4, -0.2) is 21.7 Å². The van der Waals surface area contributed by atoms with Gasteiger partial charge in [0.25, 0.3) is 0 Å². The summed E-state index contributed by atoms with van der Waals surface area (Å²) < 4.78 is 6.27. The Labute approximate surface area is 110 Å². The van der Waals surface area contributed by atoms with E-state index < -0.39 is 0 Å². The maximum absolute atomic E-state index is 6.27. The van der Waals surface area contributed by atoms with Crippen molar-refractivity contribution in [2.24, 2.45) is 5.92 Å². The van der Waals surface area contributed by atoms with Gasteiger partial charge in [-0.15, -0.1) is 0 Å². The fraction of sp³-hybridized carbons (Fsp3) is 0.733.